The monoisotopic (exact) mass is 441 g/mol. The van der Waals surface area contributed by atoms with Crippen molar-refractivity contribution < 1.29 is 18.0 Å². The van der Waals surface area contributed by atoms with Crippen LogP contribution in [0.15, 0.2) is 24.3 Å². The molecule has 1 amide bonds. The molecule has 1 aliphatic rings. The highest BCUT2D eigenvalue weighted by Gasteiger charge is 2.30. The summed E-state index contributed by atoms with van der Waals surface area (Å²) in [7, 11) is 0. The molecule has 1 aromatic carbocycles. The standard InChI is InChI=1S/C20H26F3N5OS/c1-3-27(4-2)17(29)15-6-5-11-28(13-15)19-25-18(26-30-19)24-12-14-7-9-16(10-8-14)20(21,22)23/h7-10,15H,3-6,11-13H2,1-2H3,(H,24,26). The third kappa shape index (κ3) is 5.41. The highest BCUT2D eigenvalue weighted by Crippen LogP contribution is 2.29. The summed E-state index contributed by atoms with van der Waals surface area (Å²) in [5, 5.41) is 3.81. The van der Waals surface area contributed by atoms with E-state index in [9.17, 15) is 18.0 Å². The smallest absolute Gasteiger partial charge is 0.349 e. The molecule has 1 fully saturated rings. The van der Waals surface area contributed by atoms with Crippen molar-refractivity contribution in [3.63, 3.8) is 0 Å². The van der Waals surface area contributed by atoms with Crippen molar-refractivity contribution in [1.82, 2.24) is 14.3 Å². The fourth-order valence-electron chi connectivity index (χ4n) is 3.55. The Hall–Kier alpha value is -2.36. The van der Waals surface area contributed by atoms with Gasteiger partial charge in [0.05, 0.1) is 11.5 Å². The minimum absolute atomic E-state index is 0.0360. The molecule has 2 heterocycles. The maximum atomic E-state index is 12.7. The first-order chi connectivity index (χ1) is 14.3. The number of piperidine rings is 1. The number of benzene rings is 1. The summed E-state index contributed by atoms with van der Waals surface area (Å²) >= 11 is 1.26. The molecule has 1 aromatic heterocycles. The van der Waals surface area contributed by atoms with Crippen LogP contribution in [0.4, 0.5) is 24.3 Å². The van der Waals surface area contributed by atoms with Crippen molar-refractivity contribution in [3.05, 3.63) is 35.4 Å². The number of alkyl halides is 3. The summed E-state index contributed by atoms with van der Waals surface area (Å²) in [6.07, 6.45) is -2.54. The molecule has 10 heteroatoms. The number of amides is 1. The third-order valence-corrected chi connectivity index (χ3v) is 6.04. The minimum Gasteiger partial charge on any atom is -0.349 e. The van der Waals surface area contributed by atoms with Gasteiger partial charge in [-0.3, -0.25) is 4.79 Å². The number of carbonyl (C=O) groups excluding carboxylic acids is 1. The number of hydrogen-bond acceptors (Lipinski definition) is 6. The van der Waals surface area contributed by atoms with Gasteiger partial charge in [-0.1, -0.05) is 12.1 Å². The predicted octanol–water partition coefficient (Wildman–Crippen LogP) is 4.25. The second-order valence-electron chi connectivity index (χ2n) is 7.24. The zero-order valence-electron chi connectivity index (χ0n) is 17.1. The summed E-state index contributed by atoms with van der Waals surface area (Å²) in [5.41, 5.74) is 0.0430. The minimum atomic E-state index is -4.34. The molecule has 0 radical (unpaired) electrons. The van der Waals surface area contributed by atoms with Crippen molar-refractivity contribution >= 4 is 28.5 Å². The molecule has 1 N–H and O–H groups in total. The van der Waals surface area contributed by atoms with E-state index in [0.29, 0.717) is 37.7 Å². The van der Waals surface area contributed by atoms with Crippen LogP contribution >= 0.6 is 11.5 Å². The van der Waals surface area contributed by atoms with E-state index in [4.69, 9.17) is 0 Å². The summed E-state index contributed by atoms with van der Waals surface area (Å²) < 4.78 is 42.3. The number of aromatic nitrogens is 2. The molecular weight excluding hydrogens is 415 g/mol. The second kappa shape index (κ2) is 9.63. The summed E-state index contributed by atoms with van der Waals surface area (Å²) in [5.74, 6) is 0.591. The van der Waals surface area contributed by atoms with Gasteiger partial charge in [0, 0.05) is 44.3 Å². The summed E-state index contributed by atoms with van der Waals surface area (Å²) in [4.78, 5) is 21.1. The van der Waals surface area contributed by atoms with Crippen LogP contribution < -0.4 is 10.2 Å². The van der Waals surface area contributed by atoms with Crippen LogP contribution in [0.25, 0.3) is 0 Å². The topological polar surface area (TPSA) is 61.4 Å². The average molecular weight is 442 g/mol. The van der Waals surface area contributed by atoms with E-state index in [1.807, 2.05) is 18.7 Å². The lowest BCUT2D eigenvalue weighted by Crippen LogP contribution is -2.44. The summed E-state index contributed by atoms with van der Waals surface area (Å²) in [6, 6.07) is 5.02. The fourth-order valence-corrected chi connectivity index (χ4v) is 4.24. The maximum absolute atomic E-state index is 12.7. The van der Waals surface area contributed by atoms with Crippen molar-refractivity contribution in [1.29, 1.82) is 0 Å². The Bertz CT molecular complexity index is 836. The van der Waals surface area contributed by atoms with E-state index in [2.05, 4.69) is 19.6 Å². The second-order valence-corrected chi connectivity index (χ2v) is 7.97. The Morgan fingerprint density at radius 2 is 1.97 bits per heavy atom. The number of anilines is 2. The van der Waals surface area contributed by atoms with E-state index in [1.165, 1.54) is 23.7 Å². The number of nitrogens with one attached hydrogen (secondary N) is 1. The molecule has 3 rings (SSSR count). The van der Waals surface area contributed by atoms with Crippen LogP contribution in [-0.4, -0.2) is 46.3 Å². The predicted molar refractivity (Wildman–Crippen MR) is 112 cm³/mol. The van der Waals surface area contributed by atoms with Gasteiger partial charge >= 0.3 is 6.18 Å². The molecule has 1 aliphatic heterocycles. The van der Waals surface area contributed by atoms with Gasteiger partial charge in [0.2, 0.25) is 17.0 Å². The lowest BCUT2D eigenvalue weighted by Gasteiger charge is -2.34. The highest BCUT2D eigenvalue weighted by atomic mass is 32.1. The van der Waals surface area contributed by atoms with Crippen molar-refractivity contribution in [2.24, 2.45) is 5.92 Å². The Labute approximate surface area is 178 Å². The number of halogens is 3. The van der Waals surface area contributed by atoms with Gasteiger partial charge in [-0.25, -0.2) is 0 Å². The molecule has 0 aliphatic carbocycles. The van der Waals surface area contributed by atoms with Gasteiger partial charge < -0.3 is 15.1 Å². The van der Waals surface area contributed by atoms with E-state index < -0.39 is 11.7 Å². The van der Waals surface area contributed by atoms with Gasteiger partial charge in [-0.15, -0.1) is 0 Å². The molecule has 0 bridgehead atoms. The van der Waals surface area contributed by atoms with Gasteiger partial charge in [0.15, 0.2) is 0 Å². The first kappa shape index (κ1) is 22.3. The Morgan fingerprint density at radius 1 is 1.27 bits per heavy atom. The first-order valence-electron chi connectivity index (χ1n) is 10.1. The molecule has 1 unspecified atom stereocenters. The first-order valence-corrected chi connectivity index (χ1v) is 10.9. The lowest BCUT2D eigenvalue weighted by atomic mass is 9.97. The average Bonchev–Trinajstić information content (AvgIpc) is 3.22. The molecule has 6 nitrogen and oxygen atoms in total. The van der Waals surface area contributed by atoms with Crippen LogP contribution in [0, 0.1) is 5.92 Å². The quantitative estimate of drug-likeness (QED) is 0.696. The Kier molecular flexibility index (Phi) is 7.17. The number of hydrogen-bond donors (Lipinski definition) is 1. The van der Waals surface area contributed by atoms with E-state index in [-0.39, 0.29) is 11.8 Å². The van der Waals surface area contributed by atoms with E-state index >= 15 is 0 Å². The van der Waals surface area contributed by atoms with Crippen molar-refractivity contribution in [2.45, 2.75) is 39.4 Å². The largest absolute Gasteiger partial charge is 0.416 e. The van der Waals surface area contributed by atoms with Crippen LogP contribution in [-0.2, 0) is 17.5 Å². The molecule has 164 valence electrons. The maximum Gasteiger partial charge on any atom is 0.416 e. The van der Waals surface area contributed by atoms with Gasteiger partial charge in [-0.05, 0) is 44.4 Å². The van der Waals surface area contributed by atoms with Crippen LogP contribution in [0.2, 0.25) is 0 Å². The molecule has 0 spiro atoms. The zero-order chi connectivity index (χ0) is 21.7. The fraction of sp³-hybridized carbons (Fsp3) is 0.550. The number of carbonyl (C=O) groups is 1. The normalized spacial score (nSPS) is 17.1. The Balaban J connectivity index is 1.57. The van der Waals surface area contributed by atoms with Gasteiger partial charge in [0.1, 0.15) is 0 Å². The van der Waals surface area contributed by atoms with E-state index in [1.54, 1.807) is 0 Å². The highest BCUT2D eigenvalue weighted by molar-refractivity contribution is 7.09. The van der Waals surface area contributed by atoms with Crippen molar-refractivity contribution in [2.75, 3.05) is 36.4 Å². The third-order valence-electron chi connectivity index (χ3n) is 5.26. The van der Waals surface area contributed by atoms with E-state index in [0.717, 1.165) is 36.7 Å². The van der Waals surface area contributed by atoms with Crippen LogP contribution in [0.3, 0.4) is 0 Å². The lowest BCUT2D eigenvalue weighted by molar-refractivity contribution is -0.137. The summed E-state index contributed by atoms with van der Waals surface area (Å²) in [6.45, 7) is 7.18. The number of nitrogens with zero attached hydrogens (tertiary/aromatic N) is 4. The molecule has 1 saturated heterocycles. The zero-order valence-corrected chi connectivity index (χ0v) is 17.9. The van der Waals surface area contributed by atoms with Crippen LogP contribution in [0.5, 0.6) is 0 Å². The SMILES string of the molecule is CCN(CC)C(=O)C1CCCN(c2nc(NCc3ccc(C(F)(F)F)cc3)ns2)C1. The molecule has 1 atom stereocenters. The Morgan fingerprint density at radius 3 is 2.60 bits per heavy atom. The molecule has 2 aromatic rings. The molecular formula is C20H26F3N5OS. The molecule has 30 heavy (non-hydrogen) atoms. The van der Waals surface area contributed by atoms with Crippen molar-refractivity contribution in [3.8, 4) is 0 Å². The van der Waals surface area contributed by atoms with Crippen LogP contribution in [0.1, 0.15) is 37.8 Å². The molecule has 0 saturated carbocycles. The van der Waals surface area contributed by atoms with Gasteiger partial charge in [-0.2, -0.15) is 22.5 Å². The number of rotatable bonds is 7. The van der Waals surface area contributed by atoms with Gasteiger partial charge in [0.25, 0.3) is 0 Å².